The van der Waals surface area contributed by atoms with Crippen molar-refractivity contribution in [3.8, 4) is 11.3 Å². The van der Waals surface area contributed by atoms with Gasteiger partial charge in [0.05, 0.1) is 12.2 Å². The molecule has 0 amide bonds. The maximum absolute atomic E-state index is 5.61. The quantitative estimate of drug-likeness (QED) is 0.725. The third-order valence-corrected chi connectivity index (χ3v) is 3.00. The van der Waals surface area contributed by atoms with Crippen molar-refractivity contribution in [2.75, 3.05) is 6.54 Å². The van der Waals surface area contributed by atoms with Gasteiger partial charge in [-0.2, -0.15) is 0 Å². The minimum absolute atomic E-state index is 0.148. The maximum atomic E-state index is 5.61. The third kappa shape index (κ3) is 1.76. The molecule has 0 aliphatic rings. The lowest BCUT2D eigenvalue weighted by molar-refractivity contribution is 0.485. The molecule has 0 aliphatic heterocycles. The van der Waals surface area contributed by atoms with Gasteiger partial charge in [0.15, 0.2) is 0 Å². The molecule has 0 spiro atoms. The molecule has 0 bridgehead atoms. The summed E-state index contributed by atoms with van der Waals surface area (Å²) in [6.45, 7) is 2.55. The highest BCUT2D eigenvalue weighted by Gasteiger charge is 2.09. The summed E-state index contributed by atoms with van der Waals surface area (Å²) >= 11 is 0. The first-order valence-corrected chi connectivity index (χ1v) is 5.83. The van der Waals surface area contributed by atoms with Crippen LogP contribution in [0.25, 0.3) is 22.3 Å². The van der Waals surface area contributed by atoms with E-state index in [1.807, 2.05) is 31.5 Å². The Kier molecular flexibility index (Phi) is 2.56. The van der Waals surface area contributed by atoms with Gasteiger partial charge in [0.2, 0.25) is 0 Å². The SMILES string of the molecule is C[C@H](CN)n1cc(-c2cnc3[nH]ccc3c2)nn1. The number of rotatable bonds is 3. The molecule has 3 heterocycles. The van der Waals surface area contributed by atoms with E-state index < -0.39 is 0 Å². The Morgan fingerprint density at radius 2 is 2.39 bits per heavy atom. The summed E-state index contributed by atoms with van der Waals surface area (Å²) in [6.07, 6.45) is 5.56. The van der Waals surface area contributed by atoms with Crippen LogP contribution in [0.5, 0.6) is 0 Å². The number of fused-ring (bicyclic) bond motifs is 1. The van der Waals surface area contributed by atoms with Crippen molar-refractivity contribution >= 4 is 11.0 Å². The number of aromatic nitrogens is 5. The van der Waals surface area contributed by atoms with Crippen molar-refractivity contribution < 1.29 is 0 Å². The van der Waals surface area contributed by atoms with E-state index in [-0.39, 0.29) is 6.04 Å². The zero-order valence-corrected chi connectivity index (χ0v) is 10.0. The van der Waals surface area contributed by atoms with E-state index in [1.54, 1.807) is 10.9 Å². The third-order valence-electron chi connectivity index (χ3n) is 3.00. The number of nitrogens with one attached hydrogen (secondary N) is 1. The molecule has 3 aromatic heterocycles. The monoisotopic (exact) mass is 242 g/mol. The highest BCUT2D eigenvalue weighted by molar-refractivity contribution is 5.80. The van der Waals surface area contributed by atoms with E-state index in [1.165, 1.54) is 0 Å². The molecule has 3 aromatic rings. The van der Waals surface area contributed by atoms with Gasteiger partial charge >= 0.3 is 0 Å². The van der Waals surface area contributed by atoms with Crippen molar-refractivity contribution in [3.05, 3.63) is 30.7 Å². The Hall–Kier alpha value is -2.21. The highest BCUT2D eigenvalue weighted by Crippen LogP contribution is 2.20. The second-order valence-corrected chi connectivity index (χ2v) is 4.31. The van der Waals surface area contributed by atoms with Crippen molar-refractivity contribution in [1.82, 2.24) is 25.0 Å². The highest BCUT2D eigenvalue weighted by atomic mass is 15.4. The Labute approximate surface area is 104 Å². The Balaban J connectivity index is 2.00. The number of aromatic amines is 1. The van der Waals surface area contributed by atoms with E-state index in [2.05, 4.69) is 20.3 Å². The van der Waals surface area contributed by atoms with Gasteiger partial charge in [0.25, 0.3) is 0 Å². The summed E-state index contributed by atoms with van der Waals surface area (Å²) in [5.74, 6) is 0. The Morgan fingerprint density at radius 3 is 3.22 bits per heavy atom. The first-order chi connectivity index (χ1) is 8.78. The molecule has 6 nitrogen and oxygen atoms in total. The molecule has 3 rings (SSSR count). The van der Waals surface area contributed by atoms with Crippen LogP contribution in [-0.2, 0) is 0 Å². The first-order valence-electron chi connectivity index (χ1n) is 5.83. The minimum Gasteiger partial charge on any atom is -0.346 e. The number of hydrogen-bond acceptors (Lipinski definition) is 4. The lowest BCUT2D eigenvalue weighted by atomic mass is 10.2. The molecule has 3 N–H and O–H groups in total. The summed E-state index contributed by atoms with van der Waals surface area (Å²) in [6, 6.07) is 4.18. The average molecular weight is 242 g/mol. The van der Waals surface area contributed by atoms with Gasteiger partial charge in [-0.3, -0.25) is 0 Å². The first kappa shape index (κ1) is 10.9. The van der Waals surface area contributed by atoms with Gasteiger partial charge in [-0.1, -0.05) is 5.21 Å². The van der Waals surface area contributed by atoms with Gasteiger partial charge in [0.1, 0.15) is 11.3 Å². The fourth-order valence-electron chi connectivity index (χ4n) is 1.81. The summed E-state index contributed by atoms with van der Waals surface area (Å²) < 4.78 is 1.77. The molecule has 0 saturated heterocycles. The van der Waals surface area contributed by atoms with Crippen LogP contribution in [0.2, 0.25) is 0 Å². The smallest absolute Gasteiger partial charge is 0.137 e. The minimum atomic E-state index is 0.148. The zero-order valence-electron chi connectivity index (χ0n) is 10.0. The summed E-state index contributed by atoms with van der Waals surface area (Å²) in [7, 11) is 0. The second kappa shape index (κ2) is 4.23. The van der Waals surface area contributed by atoms with Crippen molar-refractivity contribution in [2.45, 2.75) is 13.0 Å². The lowest BCUT2D eigenvalue weighted by Crippen LogP contribution is -2.16. The molecular formula is C12H14N6. The van der Waals surface area contributed by atoms with Gasteiger partial charge in [-0.05, 0) is 19.1 Å². The molecule has 0 fully saturated rings. The number of hydrogen-bond donors (Lipinski definition) is 2. The number of pyridine rings is 1. The van der Waals surface area contributed by atoms with Crippen molar-refractivity contribution in [3.63, 3.8) is 0 Å². The number of H-pyrrole nitrogens is 1. The van der Waals surface area contributed by atoms with Crippen LogP contribution in [0, 0.1) is 0 Å². The van der Waals surface area contributed by atoms with Crippen LogP contribution < -0.4 is 5.73 Å². The second-order valence-electron chi connectivity index (χ2n) is 4.31. The van der Waals surface area contributed by atoms with Crippen LogP contribution in [0.1, 0.15) is 13.0 Å². The predicted molar refractivity (Wildman–Crippen MR) is 68.9 cm³/mol. The van der Waals surface area contributed by atoms with Crippen LogP contribution >= 0.6 is 0 Å². The van der Waals surface area contributed by atoms with Crippen LogP contribution in [0.3, 0.4) is 0 Å². The van der Waals surface area contributed by atoms with Crippen LogP contribution in [0.4, 0.5) is 0 Å². The molecule has 6 heteroatoms. The maximum Gasteiger partial charge on any atom is 0.137 e. The molecule has 1 atom stereocenters. The molecule has 92 valence electrons. The molecule has 0 saturated carbocycles. The average Bonchev–Trinajstić information content (AvgIpc) is 3.05. The molecule has 0 unspecified atom stereocenters. The fraction of sp³-hybridized carbons (Fsp3) is 0.250. The lowest BCUT2D eigenvalue weighted by Gasteiger charge is -2.06. The fourth-order valence-corrected chi connectivity index (χ4v) is 1.81. The van der Waals surface area contributed by atoms with E-state index in [0.717, 1.165) is 22.3 Å². The van der Waals surface area contributed by atoms with Crippen molar-refractivity contribution in [1.29, 1.82) is 0 Å². The predicted octanol–water partition coefficient (Wildman–Crippen LogP) is 1.34. The Morgan fingerprint density at radius 1 is 1.50 bits per heavy atom. The summed E-state index contributed by atoms with van der Waals surface area (Å²) in [4.78, 5) is 7.40. The topological polar surface area (TPSA) is 85.4 Å². The largest absolute Gasteiger partial charge is 0.346 e. The van der Waals surface area contributed by atoms with E-state index >= 15 is 0 Å². The molecular weight excluding hydrogens is 228 g/mol. The summed E-state index contributed by atoms with van der Waals surface area (Å²) in [5.41, 5.74) is 8.25. The van der Waals surface area contributed by atoms with Gasteiger partial charge < -0.3 is 10.7 Å². The van der Waals surface area contributed by atoms with Gasteiger partial charge in [-0.25, -0.2) is 9.67 Å². The number of nitrogens with two attached hydrogens (primary N) is 1. The zero-order chi connectivity index (χ0) is 12.5. The van der Waals surface area contributed by atoms with E-state index in [0.29, 0.717) is 6.54 Å². The number of nitrogens with zero attached hydrogens (tertiary/aromatic N) is 4. The molecule has 18 heavy (non-hydrogen) atoms. The van der Waals surface area contributed by atoms with Crippen molar-refractivity contribution in [2.24, 2.45) is 5.73 Å². The van der Waals surface area contributed by atoms with Crippen LogP contribution in [-0.4, -0.2) is 31.5 Å². The van der Waals surface area contributed by atoms with E-state index in [9.17, 15) is 0 Å². The summed E-state index contributed by atoms with van der Waals surface area (Å²) in [5, 5.41) is 9.30. The van der Waals surface area contributed by atoms with Crippen LogP contribution in [0.15, 0.2) is 30.7 Å². The molecule has 0 aromatic carbocycles. The molecule has 0 aliphatic carbocycles. The van der Waals surface area contributed by atoms with Gasteiger partial charge in [0, 0.05) is 29.9 Å². The normalized spacial score (nSPS) is 13.0. The standard InChI is InChI=1S/C12H14N6/c1-8(5-13)18-7-11(16-17-18)10-4-9-2-3-14-12(9)15-6-10/h2-4,6-8H,5,13H2,1H3,(H,14,15)/t8-/m1/s1. The molecule has 0 radical (unpaired) electrons. The van der Waals surface area contributed by atoms with E-state index in [4.69, 9.17) is 5.73 Å². The van der Waals surface area contributed by atoms with Gasteiger partial charge in [-0.15, -0.1) is 5.10 Å². The Bertz CT molecular complexity index is 668.